The Morgan fingerprint density at radius 3 is 2.46 bits per heavy atom. The fourth-order valence-corrected chi connectivity index (χ4v) is 3.60. The molecule has 2 unspecified atom stereocenters. The number of nitrogens with zero attached hydrogens (tertiary/aromatic N) is 2. The third kappa shape index (κ3) is 10.4. The zero-order valence-corrected chi connectivity index (χ0v) is 22.3. The van der Waals surface area contributed by atoms with E-state index in [4.69, 9.17) is 10.5 Å². The number of hydrogen-bond acceptors (Lipinski definition) is 7. The maximum Gasteiger partial charge on any atom is 0.408 e. The summed E-state index contributed by atoms with van der Waals surface area (Å²) in [6, 6.07) is 3.96. The molecule has 204 valence electrons. The monoisotopic (exact) mass is 517 g/mol. The Bertz CT molecular complexity index is 998. The Kier molecular flexibility index (Phi) is 12.4. The number of rotatable bonds is 13. The van der Waals surface area contributed by atoms with Crippen LogP contribution in [0.4, 0.5) is 4.79 Å². The molecule has 0 saturated heterocycles. The van der Waals surface area contributed by atoms with Crippen molar-refractivity contribution in [2.24, 2.45) is 5.73 Å². The number of phenols is 1. The van der Waals surface area contributed by atoms with Crippen molar-refractivity contribution in [3.63, 3.8) is 0 Å². The molecule has 0 aliphatic heterocycles. The van der Waals surface area contributed by atoms with Crippen LogP contribution in [0, 0.1) is 18.3 Å². The smallest absolute Gasteiger partial charge is 0.408 e. The minimum atomic E-state index is -1.37. The van der Waals surface area contributed by atoms with Gasteiger partial charge in [-0.3, -0.25) is 14.4 Å². The number of benzene rings is 1. The Balaban J connectivity index is 3.47. The number of amides is 4. The molecule has 37 heavy (non-hydrogen) atoms. The number of nitrogens with two attached hydrogens (primary N) is 1. The third-order valence-corrected chi connectivity index (χ3v) is 5.40. The summed E-state index contributed by atoms with van der Waals surface area (Å²) in [5, 5.41) is 25.5. The number of alkyl carbamates (subject to hydrolysis) is 1. The zero-order chi connectivity index (χ0) is 28.2. The van der Waals surface area contributed by atoms with Crippen LogP contribution in [0.15, 0.2) is 18.2 Å². The van der Waals surface area contributed by atoms with E-state index in [1.807, 2.05) is 13.0 Å². The van der Waals surface area contributed by atoms with Gasteiger partial charge in [0.05, 0.1) is 6.07 Å². The molecule has 0 aliphatic rings. The van der Waals surface area contributed by atoms with Crippen molar-refractivity contribution < 1.29 is 29.0 Å². The van der Waals surface area contributed by atoms with Gasteiger partial charge in [-0.25, -0.2) is 4.79 Å². The Morgan fingerprint density at radius 1 is 1.22 bits per heavy atom. The van der Waals surface area contributed by atoms with Crippen LogP contribution in [0.3, 0.4) is 0 Å². The lowest BCUT2D eigenvalue weighted by Crippen LogP contribution is -2.53. The van der Waals surface area contributed by atoms with Crippen LogP contribution in [0.2, 0.25) is 0 Å². The highest BCUT2D eigenvalue weighted by Gasteiger charge is 2.37. The van der Waals surface area contributed by atoms with E-state index in [9.17, 15) is 29.5 Å². The van der Waals surface area contributed by atoms with Gasteiger partial charge in [-0.15, -0.1) is 0 Å². The van der Waals surface area contributed by atoms with E-state index < -0.39 is 48.0 Å². The van der Waals surface area contributed by atoms with Gasteiger partial charge >= 0.3 is 6.09 Å². The number of phenolic OH excluding ortho intramolecular Hbond substituents is 1. The first kappa shape index (κ1) is 31.2. The van der Waals surface area contributed by atoms with E-state index in [1.165, 1.54) is 6.07 Å². The molecule has 1 aromatic carbocycles. The van der Waals surface area contributed by atoms with E-state index in [0.29, 0.717) is 18.5 Å². The summed E-state index contributed by atoms with van der Waals surface area (Å²) < 4.78 is 5.25. The van der Waals surface area contributed by atoms with Crippen molar-refractivity contribution in [3.8, 4) is 11.8 Å². The van der Waals surface area contributed by atoms with Crippen molar-refractivity contribution >= 4 is 23.8 Å². The number of para-hydroxylation sites is 1. The van der Waals surface area contributed by atoms with Gasteiger partial charge in [-0.05, 0) is 46.1 Å². The lowest BCUT2D eigenvalue weighted by Gasteiger charge is -2.33. The summed E-state index contributed by atoms with van der Waals surface area (Å²) in [5.74, 6) is -2.28. The van der Waals surface area contributed by atoms with Crippen molar-refractivity contribution in [1.82, 2.24) is 15.5 Å². The number of ether oxygens (including phenoxy) is 1. The van der Waals surface area contributed by atoms with Gasteiger partial charge in [0.1, 0.15) is 30.0 Å². The summed E-state index contributed by atoms with van der Waals surface area (Å²) >= 11 is 0. The highest BCUT2D eigenvalue weighted by Crippen LogP contribution is 2.32. The van der Waals surface area contributed by atoms with Crippen LogP contribution >= 0.6 is 0 Å². The third-order valence-electron chi connectivity index (χ3n) is 5.40. The minimum Gasteiger partial charge on any atom is -0.507 e. The number of carbonyl (C=O) groups is 4. The second kappa shape index (κ2) is 14.7. The second-order valence-electron chi connectivity index (χ2n) is 9.74. The molecule has 0 spiro atoms. The number of unbranched alkanes of at least 4 members (excludes halogenated alkanes) is 2. The lowest BCUT2D eigenvalue weighted by atomic mass is 9.98. The molecule has 1 aromatic rings. The topological polar surface area (TPSA) is 175 Å². The van der Waals surface area contributed by atoms with Crippen LogP contribution in [-0.4, -0.2) is 58.6 Å². The molecular formula is C26H39N5O6. The van der Waals surface area contributed by atoms with Crippen LogP contribution < -0.4 is 16.4 Å². The van der Waals surface area contributed by atoms with Crippen LogP contribution in [0.1, 0.15) is 77.0 Å². The Labute approximate surface area is 218 Å². The molecule has 0 aromatic heterocycles. The van der Waals surface area contributed by atoms with E-state index in [1.54, 1.807) is 39.8 Å². The number of hydrogen-bond donors (Lipinski definition) is 4. The summed E-state index contributed by atoms with van der Waals surface area (Å²) in [4.78, 5) is 52.0. The molecule has 0 radical (unpaired) electrons. The van der Waals surface area contributed by atoms with Gasteiger partial charge in [0, 0.05) is 18.5 Å². The maximum atomic E-state index is 13.7. The molecule has 0 aliphatic carbocycles. The number of aromatic hydroxyl groups is 1. The molecule has 0 bridgehead atoms. The second-order valence-corrected chi connectivity index (χ2v) is 9.74. The van der Waals surface area contributed by atoms with Gasteiger partial charge in [0.2, 0.25) is 17.7 Å². The highest BCUT2D eigenvalue weighted by atomic mass is 16.6. The summed E-state index contributed by atoms with van der Waals surface area (Å²) in [5.41, 5.74) is 5.01. The molecular weight excluding hydrogens is 478 g/mol. The summed E-state index contributed by atoms with van der Waals surface area (Å²) in [6.07, 6.45) is 1.20. The Hall–Kier alpha value is -3.81. The fraction of sp³-hybridized carbons (Fsp3) is 0.577. The van der Waals surface area contributed by atoms with Gasteiger partial charge in [0.25, 0.3) is 0 Å². The average Bonchev–Trinajstić information content (AvgIpc) is 2.80. The summed E-state index contributed by atoms with van der Waals surface area (Å²) in [7, 11) is 0. The van der Waals surface area contributed by atoms with Crippen molar-refractivity contribution in [2.45, 2.75) is 84.4 Å². The van der Waals surface area contributed by atoms with E-state index in [0.717, 1.165) is 17.7 Å². The van der Waals surface area contributed by atoms with Crippen molar-refractivity contribution in [1.29, 1.82) is 5.26 Å². The molecule has 0 fully saturated rings. The zero-order valence-electron chi connectivity index (χ0n) is 22.3. The molecule has 11 heteroatoms. The van der Waals surface area contributed by atoms with E-state index in [2.05, 4.69) is 10.6 Å². The van der Waals surface area contributed by atoms with Crippen molar-refractivity contribution in [2.75, 3.05) is 13.1 Å². The highest BCUT2D eigenvalue weighted by molar-refractivity contribution is 5.93. The largest absolute Gasteiger partial charge is 0.507 e. The predicted octanol–water partition coefficient (Wildman–Crippen LogP) is 2.56. The molecule has 0 heterocycles. The minimum absolute atomic E-state index is 0.127. The maximum absolute atomic E-state index is 13.7. The molecule has 4 amide bonds. The van der Waals surface area contributed by atoms with Crippen LogP contribution in [-0.2, 0) is 19.1 Å². The van der Waals surface area contributed by atoms with Crippen LogP contribution in [0.5, 0.6) is 5.75 Å². The van der Waals surface area contributed by atoms with Gasteiger partial charge < -0.3 is 31.1 Å². The molecule has 0 saturated carbocycles. The van der Waals surface area contributed by atoms with Crippen molar-refractivity contribution in [3.05, 3.63) is 29.3 Å². The first-order chi connectivity index (χ1) is 17.3. The number of primary amides is 1. The molecule has 5 N–H and O–H groups in total. The summed E-state index contributed by atoms with van der Waals surface area (Å²) in [6.45, 7) is 8.42. The van der Waals surface area contributed by atoms with Crippen LogP contribution in [0.25, 0.3) is 0 Å². The average molecular weight is 518 g/mol. The van der Waals surface area contributed by atoms with E-state index >= 15 is 0 Å². The number of nitrogens with one attached hydrogen (secondary N) is 2. The SMILES string of the molecule is CCCCCNC(=O)C(c1cccc(C)c1O)N(CC#N)C(=O)C(CCC(N)=O)NC(=O)OC(C)(C)C. The standard InChI is InChI=1S/C26H39N5O6/c1-6-7-8-15-29-23(34)21(18-11-9-10-17(2)22(18)33)31(16-14-27)24(35)19(12-13-20(28)32)30-25(36)37-26(3,4)5/h9-11,19,21,33H,6-8,12-13,15-16H2,1-5H3,(H2,28,32)(H,29,34)(H,30,36). The lowest BCUT2D eigenvalue weighted by molar-refractivity contribution is -0.142. The quantitative estimate of drug-likeness (QED) is 0.230. The van der Waals surface area contributed by atoms with Gasteiger partial charge in [-0.2, -0.15) is 5.26 Å². The number of nitriles is 1. The Morgan fingerprint density at radius 2 is 1.89 bits per heavy atom. The normalized spacial score (nSPS) is 12.5. The van der Waals surface area contributed by atoms with E-state index in [-0.39, 0.29) is 24.2 Å². The fourth-order valence-electron chi connectivity index (χ4n) is 3.60. The molecule has 1 rings (SSSR count). The first-order valence-corrected chi connectivity index (χ1v) is 12.3. The van der Waals surface area contributed by atoms with Gasteiger partial charge in [-0.1, -0.05) is 38.0 Å². The number of carbonyl (C=O) groups excluding carboxylic acids is 4. The van der Waals surface area contributed by atoms with Gasteiger partial charge in [0.15, 0.2) is 0 Å². The first-order valence-electron chi connectivity index (χ1n) is 12.3. The molecule has 2 atom stereocenters. The predicted molar refractivity (Wildman–Crippen MR) is 137 cm³/mol. The number of aryl methyl sites for hydroxylation is 1. The molecule has 11 nitrogen and oxygen atoms in total.